The molecule has 86 valence electrons. The van der Waals surface area contributed by atoms with Gasteiger partial charge in [0.25, 0.3) is 0 Å². The fourth-order valence-corrected chi connectivity index (χ4v) is 1.48. The molecule has 0 amide bonds. The van der Waals surface area contributed by atoms with Crippen LogP contribution in [0.4, 0.5) is 5.95 Å². The first-order valence-electron chi connectivity index (χ1n) is 5.62. The summed E-state index contributed by atoms with van der Waals surface area (Å²) < 4.78 is 7.10. The summed E-state index contributed by atoms with van der Waals surface area (Å²) >= 11 is 0. The van der Waals surface area contributed by atoms with Crippen LogP contribution in [0.5, 0.6) is 0 Å². The molecule has 0 fully saturated rings. The Morgan fingerprint density at radius 1 is 1.40 bits per heavy atom. The van der Waals surface area contributed by atoms with Gasteiger partial charge in [-0.1, -0.05) is 0 Å². The lowest BCUT2D eigenvalue weighted by Crippen LogP contribution is -2.08. The molecule has 0 aliphatic rings. The van der Waals surface area contributed by atoms with Gasteiger partial charge in [0.05, 0.1) is 0 Å². The van der Waals surface area contributed by atoms with Crippen LogP contribution in [-0.2, 0) is 11.3 Å². The number of unbranched alkanes of at least 4 members (excludes halogenated alkanes) is 2. The van der Waals surface area contributed by atoms with E-state index in [9.17, 15) is 0 Å². The van der Waals surface area contributed by atoms with Crippen molar-refractivity contribution in [3.63, 3.8) is 0 Å². The molecule has 0 aliphatic carbocycles. The number of nitrogens with one attached hydrogen (secondary N) is 1. The molecule has 0 atom stereocenters. The van der Waals surface area contributed by atoms with Gasteiger partial charge in [0, 0.05) is 39.2 Å². The highest BCUT2D eigenvalue weighted by molar-refractivity contribution is 5.25. The SMILES string of the molecule is CCn1ccnc1NCCCCCOC. The molecule has 1 rings (SSSR count). The Hall–Kier alpha value is -1.03. The van der Waals surface area contributed by atoms with E-state index in [2.05, 4.69) is 21.8 Å². The van der Waals surface area contributed by atoms with E-state index in [1.807, 2.05) is 12.4 Å². The van der Waals surface area contributed by atoms with Gasteiger partial charge >= 0.3 is 0 Å². The average molecular weight is 211 g/mol. The fraction of sp³-hybridized carbons (Fsp3) is 0.727. The lowest BCUT2D eigenvalue weighted by Gasteiger charge is -2.07. The van der Waals surface area contributed by atoms with Crippen molar-refractivity contribution in [2.75, 3.05) is 25.6 Å². The largest absolute Gasteiger partial charge is 0.385 e. The molecule has 0 spiro atoms. The third-order valence-corrected chi connectivity index (χ3v) is 2.36. The smallest absolute Gasteiger partial charge is 0.202 e. The molecule has 0 unspecified atom stereocenters. The maximum absolute atomic E-state index is 4.99. The van der Waals surface area contributed by atoms with Crippen molar-refractivity contribution in [3.8, 4) is 0 Å². The van der Waals surface area contributed by atoms with E-state index in [0.29, 0.717) is 0 Å². The number of imidazole rings is 1. The summed E-state index contributed by atoms with van der Waals surface area (Å²) in [5.41, 5.74) is 0. The van der Waals surface area contributed by atoms with Gasteiger partial charge in [-0.05, 0) is 26.2 Å². The van der Waals surface area contributed by atoms with Crippen molar-refractivity contribution in [1.82, 2.24) is 9.55 Å². The molecule has 1 N–H and O–H groups in total. The highest BCUT2D eigenvalue weighted by Gasteiger charge is 1.98. The number of aromatic nitrogens is 2. The topological polar surface area (TPSA) is 39.1 Å². The molecule has 0 saturated heterocycles. The summed E-state index contributed by atoms with van der Waals surface area (Å²) in [4.78, 5) is 4.25. The van der Waals surface area contributed by atoms with Crippen LogP contribution in [0, 0.1) is 0 Å². The minimum atomic E-state index is 0.865. The van der Waals surface area contributed by atoms with Gasteiger partial charge < -0.3 is 14.6 Å². The van der Waals surface area contributed by atoms with E-state index in [-0.39, 0.29) is 0 Å². The molecule has 1 aromatic rings. The van der Waals surface area contributed by atoms with Crippen molar-refractivity contribution < 1.29 is 4.74 Å². The molecule has 4 heteroatoms. The Labute approximate surface area is 91.7 Å². The Bertz CT molecular complexity index is 260. The van der Waals surface area contributed by atoms with Crippen molar-refractivity contribution in [2.45, 2.75) is 32.7 Å². The Morgan fingerprint density at radius 3 is 3.00 bits per heavy atom. The number of rotatable bonds is 8. The molecule has 1 aromatic heterocycles. The molecular formula is C11H21N3O. The number of aryl methyl sites for hydroxylation is 1. The van der Waals surface area contributed by atoms with E-state index >= 15 is 0 Å². The van der Waals surface area contributed by atoms with Crippen LogP contribution >= 0.6 is 0 Å². The lowest BCUT2D eigenvalue weighted by atomic mass is 10.2. The Balaban J connectivity index is 2.09. The predicted octanol–water partition coefficient (Wildman–Crippen LogP) is 2.13. The van der Waals surface area contributed by atoms with Gasteiger partial charge in [-0.25, -0.2) is 4.98 Å². The van der Waals surface area contributed by atoms with Gasteiger partial charge in [-0.15, -0.1) is 0 Å². The minimum absolute atomic E-state index is 0.865. The summed E-state index contributed by atoms with van der Waals surface area (Å²) in [5, 5.41) is 3.33. The van der Waals surface area contributed by atoms with Crippen LogP contribution in [0.15, 0.2) is 12.4 Å². The van der Waals surface area contributed by atoms with Gasteiger partial charge in [0.15, 0.2) is 0 Å². The average Bonchev–Trinajstić information content (AvgIpc) is 2.70. The zero-order valence-electron chi connectivity index (χ0n) is 9.70. The van der Waals surface area contributed by atoms with E-state index in [1.165, 1.54) is 12.8 Å². The van der Waals surface area contributed by atoms with Crippen molar-refractivity contribution in [1.29, 1.82) is 0 Å². The number of nitrogens with zero attached hydrogens (tertiary/aromatic N) is 2. The summed E-state index contributed by atoms with van der Waals surface area (Å²) in [5.74, 6) is 0.976. The quantitative estimate of drug-likeness (QED) is 0.669. The summed E-state index contributed by atoms with van der Waals surface area (Å²) in [6.07, 6.45) is 7.33. The summed E-state index contributed by atoms with van der Waals surface area (Å²) in [7, 11) is 1.75. The predicted molar refractivity (Wildman–Crippen MR) is 62.1 cm³/mol. The molecular weight excluding hydrogens is 190 g/mol. The molecule has 15 heavy (non-hydrogen) atoms. The zero-order chi connectivity index (χ0) is 10.9. The van der Waals surface area contributed by atoms with Crippen LogP contribution in [0.1, 0.15) is 26.2 Å². The van der Waals surface area contributed by atoms with Gasteiger partial charge in [0.1, 0.15) is 0 Å². The van der Waals surface area contributed by atoms with Crippen molar-refractivity contribution in [3.05, 3.63) is 12.4 Å². The van der Waals surface area contributed by atoms with Crippen LogP contribution < -0.4 is 5.32 Å². The fourth-order valence-electron chi connectivity index (χ4n) is 1.48. The van der Waals surface area contributed by atoms with Gasteiger partial charge in [-0.3, -0.25) is 0 Å². The minimum Gasteiger partial charge on any atom is -0.385 e. The van der Waals surface area contributed by atoms with E-state index in [1.54, 1.807) is 7.11 Å². The normalized spacial score (nSPS) is 10.5. The van der Waals surface area contributed by atoms with Crippen LogP contribution in [0.2, 0.25) is 0 Å². The van der Waals surface area contributed by atoms with Crippen LogP contribution in [0.25, 0.3) is 0 Å². The number of hydrogen-bond donors (Lipinski definition) is 1. The second-order valence-electron chi connectivity index (χ2n) is 3.52. The molecule has 0 aliphatic heterocycles. The number of hydrogen-bond acceptors (Lipinski definition) is 3. The maximum atomic E-state index is 4.99. The number of anilines is 1. The monoisotopic (exact) mass is 211 g/mol. The third-order valence-electron chi connectivity index (χ3n) is 2.36. The zero-order valence-corrected chi connectivity index (χ0v) is 9.70. The van der Waals surface area contributed by atoms with Crippen LogP contribution in [0.3, 0.4) is 0 Å². The Morgan fingerprint density at radius 2 is 2.27 bits per heavy atom. The maximum Gasteiger partial charge on any atom is 0.202 e. The first-order valence-corrected chi connectivity index (χ1v) is 5.62. The molecule has 0 aromatic carbocycles. The lowest BCUT2D eigenvalue weighted by molar-refractivity contribution is 0.192. The van der Waals surface area contributed by atoms with Crippen molar-refractivity contribution in [2.24, 2.45) is 0 Å². The molecule has 0 bridgehead atoms. The van der Waals surface area contributed by atoms with Crippen LogP contribution in [-0.4, -0.2) is 29.8 Å². The first-order chi connectivity index (χ1) is 7.38. The van der Waals surface area contributed by atoms with E-state index in [0.717, 1.165) is 32.1 Å². The molecule has 4 nitrogen and oxygen atoms in total. The van der Waals surface area contributed by atoms with E-state index < -0.39 is 0 Å². The Kier molecular flexibility index (Phi) is 5.85. The third kappa shape index (κ3) is 4.34. The second kappa shape index (κ2) is 7.29. The number of methoxy groups -OCH3 is 1. The highest BCUT2D eigenvalue weighted by atomic mass is 16.5. The van der Waals surface area contributed by atoms with Gasteiger partial charge in [-0.2, -0.15) is 0 Å². The van der Waals surface area contributed by atoms with Crippen molar-refractivity contribution >= 4 is 5.95 Å². The molecule has 1 heterocycles. The molecule has 0 saturated carbocycles. The molecule has 0 radical (unpaired) electrons. The standard InChI is InChI=1S/C11H21N3O/c1-3-14-9-8-13-11(14)12-7-5-4-6-10-15-2/h8-9H,3-7,10H2,1-2H3,(H,12,13). The summed E-state index contributed by atoms with van der Waals surface area (Å²) in [6.45, 7) is 4.93. The van der Waals surface area contributed by atoms with Gasteiger partial charge in [0.2, 0.25) is 5.95 Å². The summed E-state index contributed by atoms with van der Waals surface area (Å²) in [6, 6.07) is 0. The highest BCUT2D eigenvalue weighted by Crippen LogP contribution is 2.04. The van der Waals surface area contributed by atoms with E-state index in [4.69, 9.17) is 4.74 Å². The second-order valence-corrected chi connectivity index (χ2v) is 3.52. The number of ether oxygens (including phenoxy) is 1. The first kappa shape index (κ1) is 12.0.